The van der Waals surface area contributed by atoms with Crippen molar-refractivity contribution >= 4 is 39.1 Å². The van der Waals surface area contributed by atoms with Crippen LogP contribution in [0.2, 0.25) is 5.02 Å². The molecule has 4 nitrogen and oxygen atoms in total. The van der Waals surface area contributed by atoms with E-state index in [1.54, 1.807) is 0 Å². The second-order valence-corrected chi connectivity index (χ2v) is 5.18. The number of carbonyl (C=O) groups excluding carboxylic acids is 1. The van der Waals surface area contributed by atoms with Crippen molar-refractivity contribution in [2.75, 3.05) is 5.73 Å². The first-order chi connectivity index (χ1) is 9.38. The number of carbonyl (C=O) groups is 1. The molecule has 0 aliphatic heterocycles. The molecule has 0 atom stereocenters. The second kappa shape index (κ2) is 5.68. The van der Waals surface area contributed by atoms with Crippen LogP contribution in [0.15, 0.2) is 34.8 Å². The number of hydrogen-bond donors (Lipinski definition) is 2. The lowest BCUT2D eigenvalue weighted by atomic mass is 10.1. The van der Waals surface area contributed by atoms with Gasteiger partial charge in [0.05, 0.1) is 15.1 Å². The van der Waals surface area contributed by atoms with Crippen molar-refractivity contribution in [1.29, 1.82) is 0 Å². The van der Waals surface area contributed by atoms with Gasteiger partial charge in [0, 0.05) is 17.8 Å². The normalized spacial score (nSPS) is 10.3. The van der Waals surface area contributed by atoms with Gasteiger partial charge in [0.15, 0.2) is 0 Å². The van der Waals surface area contributed by atoms with Crippen LogP contribution in [0.25, 0.3) is 0 Å². The van der Waals surface area contributed by atoms with Gasteiger partial charge in [0.25, 0.3) is 5.91 Å². The summed E-state index contributed by atoms with van der Waals surface area (Å²) in [7, 11) is 0. The number of ether oxygens (including phenoxy) is 1. The Morgan fingerprint density at radius 1 is 1.25 bits per heavy atom. The third kappa shape index (κ3) is 3.02. The average molecular weight is 360 g/mol. The molecule has 104 valence electrons. The summed E-state index contributed by atoms with van der Waals surface area (Å²) in [6, 6.07) is 6.83. The van der Waals surface area contributed by atoms with Crippen LogP contribution < -0.4 is 16.2 Å². The predicted octanol–water partition coefficient (Wildman–Crippen LogP) is 3.72. The minimum atomic E-state index is -0.675. The Morgan fingerprint density at radius 3 is 2.60 bits per heavy atom. The highest BCUT2D eigenvalue weighted by atomic mass is 79.9. The van der Waals surface area contributed by atoms with E-state index in [-0.39, 0.29) is 22.1 Å². The number of nitrogens with two attached hydrogens (primary N) is 2. The maximum Gasteiger partial charge on any atom is 0.252 e. The average Bonchev–Trinajstić information content (AvgIpc) is 2.35. The molecule has 0 aliphatic rings. The molecule has 0 spiro atoms. The molecule has 0 saturated heterocycles. The van der Waals surface area contributed by atoms with Gasteiger partial charge in [-0.3, -0.25) is 4.79 Å². The molecule has 0 bridgehead atoms. The molecule has 0 aliphatic carbocycles. The maximum absolute atomic E-state index is 13.5. The lowest BCUT2D eigenvalue weighted by molar-refractivity contribution is 0.0998. The predicted molar refractivity (Wildman–Crippen MR) is 78.6 cm³/mol. The smallest absolute Gasteiger partial charge is 0.252 e. The van der Waals surface area contributed by atoms with Crippen LogP contribution >= 0.6 is 27.5 Å². The Labute approximate surface area is 127 Å². The Bertz CT molecular complexity index is 694. The molecule has 0 heterocycles. The summed E-state index contributed by atoms with van der Waals surface area (Å²) in [5.41, 5.74) is 11.4. The van der Waals surface area contributed by atoms with Crippen molar-refractivity contribution in [3.05, 3.63) is 51.2 Å². The number of anilines is 1. The van der Waals surface area contributed by atoms with Crippen molar-refractivity contribution in [3.8, 4) is 11.5 Å². The quantitative estimate of drug-likeness (QED) is 0.647. The summed E-state index contributed by atoms with van der Waals surface area (Å²) in [4.78, 5) is 11.3. The van der Waals surface area contributed by atoms with Gasteiger partial charge in [-0.15, -0.1) is 0 Å². The lowest BCUT2D eigenvalue weighted by Crippen LogP contribution is -2.12. The van der Waals surface area contributed by atoms with E-state index in [0.29, 0.717) is 10.2 Å². The Hall–Kier alpha value is -1.79. The molecule has 7 heteroatoms. The minimum Gasteiger partial charge on any atom is -0.455 e. The zero-order valence-corrected chi connectivity index (χ0v) is 12.3. The summed E-state index contributed by atoms with van der Waals surface area (Å²) in [5.74, 6) is -1.03. The van der Waals surface area contributed by atoms with Crippen molar-refractivity contribution in [3.63, 3.8) is 0 Å². The summed E-state index contributed by atoms with van der Waals surface area (Å²) in [6.07, 6.45) is 0. The molecular weight excluding hydrogens is 351 g/mol. The van der Waals surface area contributed by atoms with Crippen molar-refractivity contribution in [1.82, 2.24) is 0 Å². The van der Waals surface area contributed by atoms with E-state index >= 15 is 0 Å². The first-order valence-corrected chi connectivity index (χ1v) is 6.57. The molecule has 0 aromatic heterocycles. The first kappa shape index (κ1) is 14.6. The molecule has 20 heavy (non-hydrogen) atoms. The van der Waals surface area contributed by atoms with Crippen LogP contribution in [-0.4, -0.2) is 5.91 Å². The number of hydrogen-bond acceptors (Lipinski definition) is 3. The van der Waals surface area contributed by atoms with Crippen LogP contribution in [0.5, 0.6) is 11.5 Å². The van der Waals surface area contributed by atoms with E-state index < -0.39 is 11.7 Å². The number of primary amides is 1. The fourth-order valence-electron chi connectivity index (χ4n) is 1.53. The third-order valence-electron chi connectivity index (χ3n) is 2.47. The summed E-state index contributed by atoms with van der Waals surface area (Å²) in [6.45, 7) is 0. The van der Waals surface area contributed by atoms with E-state index in [2.05, 4.69) is 15.9 Å². The molecule has 0 fully saturated rings. The van der Waals surface area contributed by atoms with Gasteiger partial charge in [-0.1, -0.05) is 11.6 Å². The number of amides is 1. The summed E-state index contributed by atoms with van der Waals surface area (Å²) >= 11 is 8.84. The highest BCUT2D eigenvalue weighted by molar-refractivity contribution is 9.10. The van der Waals surface area contributed by atoms with E-state index in [4.69, 9.17) is 27.8 Å². The number of benzene rings is 2. The zero-order valence-electron chi connectivity index (χ0n) is 9.99. The number of halogens is 3. The fraction of sp³-hybridized carbons (Fsp3) is 0. The van der Waals surface area contributed by atoms with Crippen molar-refractivity contribution < 1.29 is 13.9 Å². The monoisotopic (exact) mass is 358 g/mol. The molecule has 2 aromatic carbocycles. The van der Waals surface area contributed by atoms with Gasteiger partial charge < -0.3 is 16.2 Å². The molecule has 2 rings (SSSR count). The Morgan fingerprint density at radius 2 is 1.95 bits per heavy atom. The molecule has 0 saturated carbocycles. The zero-order chi connectivity index (χ0) is 14.9. The maximum atomic E-state index is 13.5. The van der Waals surface area contributed by atoms with E-state index in [1.807, 2.05) is 0 Å². The van der Waals surface area contributed by atoms with Crippen LogP contribution in [-0.2, 0) is 0 Å². The molecule has 4 N–H and O–H groups in total. The fourth-order valence-corrected chi connectivity index (χ4v) is 2.25. The lowest BCUT2D eigenvalue weighted by Gasteiger charge is -2.12. The van der Waals surface area contributed by atoms with Crippen LogP contribution in [0.1, 0.15) is 10.4 Å². The standard InChI is InChI=1S/C13H9BrClFN2O2/c14-8-4-9(15)10(16)5-12(8)20-11-3-6(17)1-2-7(11)13(18)19/h1-5H,17H2,(H2,18,19). The first-order valence-electron chi connectivity index (χ1n) is 5.40. The van der Waals surface area contributed by atoms with Crippen LogP contribution in [0.3, 0.4) is 0 Å². The molecule has 2 aromatic rings. The van der Waals surface area contributed by atoms with Gasteiger partial charge in [0.2, 0.25) is 0 Å². The van der Waals surface area contributed by atoms with Gasteiger partial charge in [-0.25, -0.2) is 4.39 Å². The Kier molecular flexibility index (Phi) is 4.15. The number of nitrogen functional groups attached to an aromatic ring is 1. The largest absolute Gasteiger partial charge is 0.455 e. The van der Waals surface area contributed by atoms with Crippen molar-refractivity contribution in [2.45, 2.75) is 0 Å². The topological polar surface area (TPSA) is 78.3 Å². The van der Waals surface area contributed by atoms with Crippen LogP contribution in [0, 0.1) is 5.82 Å². The summed E-state index contributed by atoms with van der Waals surface area (Å²) < 4.78 is 19.4. The molecule has 1 amide bonds. The van der Waals surface area contributed by atoms with Crippen LogP contribution in [0.4, 0.5) is 10.1 Å². The third-order valence-corrected chi connectivity index (χ3v) is 3.38. The van der Waals surface area contributed by atoms with Gasteiger partial charge in [-0.2, -0.15) is 0 Å². The minimum absolute atomic E-state index is 0.0491. The van der Waals surface area contributed by atoms with Crippen molar-refractivity contribution in [2.24, 2.45) is 5.73 Å². The van der Waals surface area contributed by atoms with E-state index in [1.165, 1.54) is 24.3 Å². The molecular formula is C13H9BrClFN2O2. The highest BCUT2D eigenvalue weighted by Gasteiger charge is 2.14. The molecule has 0 radical (unpaired) electrons. The second-order valence-electron chi connectivity index (χ2n) is 3.92. The van der Waals surface area contributed by atoms with Gasteiger partial charge >= 0.3 is 0 Å². The van der Waals surface area contributed by atoms with Gasteiger partial charge in [0.1, 0.15) is 17.3 Å². The molecule has 0 unspecified atom stereocenters. The van der Waals surface area contributed by atoms with E-state index in [0.717, 1.165) is 6.07 Å². The van der Waals surface area contributed by atoms with E-state index in [9.17, 15) is 9.18 Å². The number of rotatable bonds is 3. The summed E-state index contributed by atoms with van der Waals surface area (Å²) in [5, 5.41) is -0.0491. The SMILES string of the molecule is NC(=O)c1ccc(N)cc1Oc1cc(F)c(Cl)cc1Br. The Balaban J connectivity index is 2.47. The highest BCUT2D eigenvalue weighted by Crippen LogP contribution is 2.35. The van der Waals surface area contributed by atoms with Gasteiger partial charge in [-0.05, 0) is 34.1 Å².